The van der Waals surface area contributed by atoms with E-state index in [0.29, 0.717) is 5.95 Å². The third kappa shape index (κ3) is 3.78. The fourth-order valence-electron chi connectivity index (χ4n) is 6.46. The van der Waals surface area contributed by atoms with E-state index in [0.717, 1.165) is 77.4 Å². The molecule has 0 radical (unpaired) electrons. The topological polar surface area (TPSA) is 43.9 Å². The number of rotatable bonds is 4. The van der Waals surface area contributed by atoms with Gasteiger partial charge >= 0.3 is 0 Å². The Balaban J connectivity index is 1.49. The molecule has 3 aromatic heterocycles. The fourth-order valence-corrected chi connectivity index (χ4v) is 6.46. The molecule has 0 aliphatic carbocycles. The maximum absolute atomic E-state index is 6.54. The van der Waals surface area contributed by atoms with Gasteiger partial charge in [-0.3, -0.25) is 4.57 Å². The van der Waals surface area contributed by atoms with Crippen LogP contribution in [0.4, 0.5) is 0 Å². The van der Waals surface area contributed by atoms with E-state index in [-0.39, 0.29) is 0 Å². The highest BCUT2D eigenvalue weighted by atomic mass is 16.3. The van der Waals surface area contributed by atoms with Gasteiger partial charge in [0.2, 0.25) is 5.95 Å². The fraction of sp³-hybridized carbons (Fsp3) is 0. The molecule has 0 spiro atoms. The maximum atomic E-state index is 6.54. The Hall–Kier alpha value is -6.00. The third-order valence-corrected chi connectivity index (χ3v) is 8.42. The molecule has 44 heavy (non-hydrogen) atoms. The van der Waals surface area contributed by atoms with Gasteiger partial charge in [0.15, 0.2) is 0 Å². The van der Waals surface area contributed by atoms with E-state index in [1.54, 1.807) is 0 Å². The van der Waals surface area contributed by atoms with Crippen molar-refractivity contribution in [3.63, 3.8) is 0 Å². The van der Waals surface area contributed by atoms with Crippen LogP contribution in [-0.4, -0.2) is 14.5 Å². The normalized spacial score (nSPS) is 11.6. The van der Waals surface area contributed by atoms with Gasteiger partial charge < -0.3 is 4.42 Å². The van der Waals surface area contributed by atoms with E-state index in [2.05, 4.69) is 108 Å². The van der Waals surface area contributed by atoms with E-state index in [4.69, 9.17) is 14.4 Å². The molecule has 3 heterocycles. The molecule has 9 aromatic rings. The van der Waals surface area contributed by atoms with Crippen LogP contribution in [0.15, 0.2) is 156 Å². The number of fused-ring (bicyclic) bond motifs is 7. The maximum Gasteiger partial charge on any atom is 0.235 e. The molecule has 0 fully saturated rings. The lowest BCUT2D eigenvalue weighted by atomic mass is 9.97. The quantitative estimate of drug-likeness (QED) is 0.214. The van der Waals surface area contributed by atoms with Gasteiger partial charge in [-0.05, 0) is 35.4 Å². The van der Waals surface area contributed by atoms with Crippen LogP contribution in [0, 0.1) is 0 Å². The number of furan rings is 1. The minimum atomic E-state index is 0.619. The molecule has 4 heteroatoms. The van der Waals surface area contributed by atoms with Crippen LogP contribution in [0.1, 0.15) is 0 Å². The minimum Gasteiger partial charge on any atom is -0.456 e. The Morgan fingerprint density at radius 3 is 1.66 bits per heavy atom. The Morgan fingerprint density at radius 2 is 1.00 bits per heavy atom. The van der Waals surface area contributed by atoms with Gasteiger partial charge in [0, 0.05) is 27.3 Å². The van der Waals surface area contributed by atoms with Crippen molar-refractivity contribution in [1.29, 1.82) is 0 Å². The minimum absolute atomic E-state index is 0.619. The molecule has 6 aromatic carbocycles. The van der Waals surface area contributed by atoms with Gasteiger partial charge in [0.25, 0.3) is 0 Å². The molecule has 0 N–H and O–H groups in total. The summed E-state index contributed by atoms with van der Waals surface area (Å²) in [7, 11) is 0. The molecule has 0 saturated carbocycles. The van der Waals surface area contributed by atoms with Crippen molar-refractivity contribution >= 4 is 43.7 Å². The summed E-state index contributed by atoms with van der Waals surface area (Å²) in [6.45, 7) is 0. The second-order valence-corrected chi connectivity index (χ2v) is 11.0. The Morgan fingerprint density at radius 1 is 0.455 bits per heavy atom. The Labute approximate surface area is 253 Å². The summed E-state index contributed by atoms with van der Waals surface area (Å²) in [4.78, 5) is 10.5. The zero-order valence-electron chi connectivity index (χ0n) is 23.7. The number of nitrogens with zero attached hydrogens (tertiary/aromatic N) is 3. The molecule has 206 valence electrons. The zero-order chi connectivity index (χ0) is 29.0. The van der Waals surface area contributed by atoms with Gasteiger partial charge in [0.1, 0.15) is 11.2 Å². The highest BCUT2D eigenvalue weighted by Crippen LogP contribution is 2.45. The number of aromatic nitrogens is 3. The van der Waals surface area contributed by atoms with Gasteiger partial charge in [0.05, 0.1) is 27.8 Å². The molecule has 0 aliphatic rings. The second kappa shape index (κ2) is 9.79. The standard InChI is InChI=1S/C40H25N3O/c1-4-14-26(15-5-1)31-24-36-38(30-21-11-13-23-35(30)44-36)39-37(31)29-20-10-12-22-34(29)43(39)40-41-32(27-16-6-2-7-17-27)25-33(42-40)28-18-8-3-9-19-28/h1-25H. The van der Waals surface area contributed by atoms with E-state index in [9.17, 15) is 0 Å². The molecule has 0 atom stereocenters. The summed E-state index contributed by atoms with van der Waals surface area (Å²) in [5.74, 6) is 0.619. The number of hydrogen-bond acceptors (Lipinski definition) is 3. The largest absolute Gasteiger partial charge is 0.456 e. The summed E-state index contributed by atoms with van der Waals surface area (Å²) >= 11 is 0. The molecule has 0 amide bonds. The van der Waals surface area contributed by atoms with Crippen molar-refractivity contribution in [1.82, 2.24) is 14.5 Å². The first-order valence-corrected chi connectivity index (χ1v) is 14.8. The predicted octanol–water partition coefficient (Wildman–Crippen LogP) is 10.5. The van der Waals surface area contributed by atoms with Crippen LogP contribution in [0.25, 0.3) is 83.3 Å². The van der Waals surface area contributed by atoms with Crippen LogP contribution in [0.3, 0.4) is 0 Å². The first-order chi connectivity index (χ1) is 21.8. The lowest BCUT2D eigenvalue weighted by Crippen LogP contribution is -2.04. The van der Waals surface area contributed by atoms with E-state index in [1.165, 1.54) is 0 Å². The lowest BCUT2D eigenvalue weighted by Gasteiger charge is -2.13. The third-order valence-electron chi connectivity index (χ3n) is 8.42. The second-order valence-electron chi connectivity index (χ2n) is 11.0. The SMILES string of the molecule is c1ccc(-c2cc(-c3ccccc3)nc(-n3c4ccccc4c4c(-c5ccccc5)cc5oc6ccccc6c5c43)n2)cc1. The zero-order valence-corrected chi connectivity index (χ0v) is 23.7. The summed E-state index contributed by atoms with van der Waals surface area (Å²) < 4.78 is 8.78. The molecule has 0 saturated heterocycles. The molecule has 9 rings (SSSR count). The van der Waals surface area contributed by atoms with Crippen LogP contribution >= 0.6 is 0 Å². The molecule has 0 unspecified atom stereocenters. The average molecular weight is 564 g/mol. The van der Waals surface area contributed by atoms with Crippen molar-refractivity contribution in [2.24, 2.45) is 0 Å². The molecule has 0 aliphatic heterocycles. The van der Waals surface area contributed by atoms with Crippen molar-refractivity contribution in [3.8, 4) is 39.6 Å². The van der Waals surface area contributed by atoms with Gasteiger partial charge in [-0.2, -0.15) is 0 Å². The van der Waals surface area contributed by atoms with Gasteiger partial charge in [-0.15, -0.1) is 0 Å². The van der Waals surface area contributed by atoms with Crippen molar-refractivity contribution in [3.05, 3.63) is 152 Å². The summed E-state index contributed by atoms with van der Waals surface area (Å²) in [6.07, 6.45) is 0. The molecule has 4 nitrogen and oxygen atoms in total. The van der Waals surface area contributed by atoms with Crippen LogP contribution in [0.5, 0.6) is 0 Å². The number of hydrogen-bond donors (Lipinski definition) is 0. The van der Waals surface area contributed by atoms with E-state index in [1.807, 2.05) is 48.5 Å². The Kier molecular flexibility index (Phi) is 5.47. The van der Waals surface area contributed by atoms with Crippen molar-refractivity contribution in [2.45, 2.75) is 0 Å². The summed E-state index contributed by atoms with van der Waals surface area (Å²) in [5, 5.41) is 4.42. The van der Waals surface area contributed by atoms with Gasteiger partial charge in [-0.25, -0.2) is 9.97 Å². The predicted molar refractivity (Wildman–Crippen MR) is 180 cm³/mol. The lowest BCUT2D eigenvalue weighted by molar-refractivity contribution is 0.669. The molecular formula is C40H25N3O. The van der Waals surface area contributed by atoms with E-state index < -0.39 is 0 Å². The van der Waals surface area contributed by atoms with Crippen LogP contribution in [-0.2, 0) is 0 Å². The monoisotopic (exact) mass is 563 g/mol. The first-order valence-electron chi connectivity index (χ1n) is 14.8. The highest BCUT2D eigenvalue weighted by Gasteiger charge is 2.24. The number of benzene rings is 6. The smallest absolute Gasteiger partial charge is 0.235 e. The highest BCUT2D eigenvalue weighted by molar-refractivity contribution is 6.28. The molecule has 0 bridgehead atoms. The summed E-state index contributed by atoms with van der Waals surface area (Å²) in [6, 6.07) is 52.3. The van der Waals surface area contributed by atoms with Gasteiger partial charge in [-0.1, -0.05) is 127 Å². The van der Waals surface area contributed by atoms with Crippen LogP contribution < -0.4 is 0 Å². The molecular weight excluding hydrogens is 538 g/mol. The van der Waals surface area contributed by atoms with Crippen LogP contribution in [0.2, 0.25) is 0 Å². The first kappa shape index (κ1) is 24.6. The Bertz CT molecular complexity index is 2420. The summed E-state index contributed by atoms with van der Waals surface area (Å²) in [5.41, 5.74) is 9.84. The van der Waals surface area contributed by atoms with Crippen molar-refractivity contribution < 1.29 is 4.42 Å². The van der Waals surface area contributed by atoms with E-state index >= 15 is 0 Å². The average Bonchev–Trinajstić information content (AvgIpc) is 3.65. The number of para-hydroxylation sites is 2. The van der Waals surface area contributed by atoms with Crippen molar-refractivity contribution in [2.75, 3.05) is 0 Å².